The van der Waals surface area contributed by atoms with Gasteiger partial charge in [-0.3, -0.25) is 9.59 Å². The van der Waals surface area contributed by atoms with Gasteiger partial charge in [0.25, 0.3) is 11.8 Å². The van der Waals surface area contributed by atoms with Crippen LogP contribution in [-0.4, -0.2) is 78.2 Å². The molecule has 332 valence electrons. The zero-order valence-electron chi connectivity index (χ0n) is 34.1. The van der Waals surface area contributed by atoms with Crippen LogP contribution in [0.4, 0.5) is 26.3 Å². The van der Waals surface area contributed by atoms with Crippen molar-refractivity contribution < 1.29 is 55.5 Å². The van der Waals surface area contributed by atoms with E-state index in [1.807, 2.05) is 89.8 Å². The number of morpholine rings is 2. The van der Waals surface area contributed by atoms with Crippen molar-refractivity contribution in [3.05, 3.63) is 196 Å². The van der Waals surface area contributed by atoms with Crippen LogP contribution in [0.25, 0.3) is 11.1 Å². The molecule has 2 fully saturated rings. The molecule has 0 radical (unpaired) electrons. The number of hydrogen-bond acceptors (Lipinski definition) is 6. The monoisotopic (exact) mass is 946 g/mol. The highest BCUT2D eigenvalue weighted by atomic mass is 79.9. The summed E-state index contributed by atoms with van der Waals surface area (Å²) in [6, 6.07) is 43.3. The molecule has 0 spiro atoms. The van der Waals surface area contributed by atoms with Crippen LogP contribution in [0.2, 0.25) is 0 Å². The van der Waals surface area contributed by atoms with E-state index in [0.29, 0.717) is 56.1 Å². The first-order valence-corrected chi connectivity index (χ1v) is 20.9. The number of hydrogen-bond donors (Lipinski definition) is 2. The quantitative estimate of drug-likeness (QED) is 0.128. The molecule has 16 heteroatoms. The minimum Gasteiger partial charge on any atom is -0.423 e. The third-order valence-corrected chi connectivity index (χ3v) is 10.9. The van der Waals surface area contributed by atoms with Crippen molar-refractivity contribution in [1.29, 1.82) is 0 Å². The van der Waals surface area contributed by atoms with Gasteiger partial charge in [-0.25, -0.2) is 0 Å². The van der Waals surface area contributed by atoms with Crippen LogP contribution in [0.3, 0.4) is 0 Å². The fourth-order valence-corrected chi connectivity index (χ4v) is 7.38. The van der Waals surface area contributed by atoms with Crippen LogP contribution in [0.15, 0.2) is 162 Å². The van der Waals surface area contributed by atoms with Crippen LogP contribution in [0, 0.1) is 0 Å². The highest BCUT2D eigenvalue weighted by molar-refractivity contribution is 9.10. The van der Waals surface area contributed by atoms with Gasteiger partial charge in [-0.15, -0.1) is 0 Å². The van der Waals surface area contributed by atoms with Crippen molar-refractivity contribution in [1.82, 2.24) is 9.80 Å². The largest absolute Gasteiger partial charge is 0.489 e. The van der Waals surface area contributed by atoms with E-state index >= 15 is 0 Å². The Bertz CT molecular complexity index is 2440. The molecule has 0 saturated carbocycles. The lowest BCUT2D eigenvalue weighted by Crippen LogP contribution is -2.42. The first-order valence-electron chi connectivity index (χ1n) is 20.1. The molecule has 6 aromatic carbocycles. The smallest absolute Gasteiger partial charge is 0.423 e. The Kier molecular flexibility index (Phi) is 16.2. The number of carbonyl (C=O) groups is 2. The third-order valence-electron chi connectivity index (χ3n) is 10.4. The van der Waals surface area contributed by atoms with E-state index in [1.165, 1.54) is 24.3 Å². The molecule has 0 aliphatic carbocycles. The van der Waals surface area contributed by atoms with Crippen LogP contribution >= 0.6 is 15.9 Å². The normalized spacial score (nSPS) is 16.4. The second kappa shape index (κ2) is 21.7. The molecule has 2 saturated heterocycles. The van der Waals surface area contributed by atoms with Gasteiger partial charge >= 0.3 is 19.5 Å². The minimum atomic E-state index is -4.56. The summed E-state index contributed by atoms with van der Waals surface area (Å²) in [4.78, 5) is 29.1. The predicted octanol–water partition coefficient (Wildman–Crippen LogP) is 9.63. The Labute approximate surface area is 375 Å². The topological polar surface area (TPSA) is 99.5 Å². The van der Waals surface area contributed by atoms with Gasteiger partial charge in [0.05, 0.1) is 37.4 Å². The lowest BCUT2D eigenvalue weighted by molar-refractivity contribution is -0.137. The van der Waals surface area contributed by atoms with Crippen molar-refractivity contribution in [2.24, 2.45) is 0 Å². The molecule has 64 heavy (non-hydrogen) atoms. The van der Waals surface area contributed by atoms with Gasteiger partial charge in [0, 0.05) is 28.7 Å². The summed E-state index contributed by atoms with van der Waals surface area (Å²) in [6.45, 7) is 3.14. The van der Waals surface area contributed by atoms with Crippen molar-refractivity contribution in [2.45, 2.75) is 24.6 Å². The summed E-state index contributed by atoms with van der Waals surface area (Å²) in [7, 11) is -2.10. The Morgan fingerprint density at radius 3 is 1.39 bits per heavy atom. The predicted molar refractivity (Wildman–Crippen MR) is 234 cm³/mol. The molecule has 0 bridgehead atoms. The average molecular weight is 948 g/mol. The minimum absolute atomic E-state index is 0.0423. The highest BCUT2D eigenvalue weighted by Crippen LogP contribution is 2.37. The summed E-state index contributed by atoms with van der Waals surface area (Å²) in [5.41, 5.74) is 1.55. The molecule has 2 aliphatic rings. The SMILES string of the molecule is O=C(c1ccc(-c2ccccc2C(F)(F)F)cc1)N1CCOC(c2ccccc2)C1.O=C(c1ccc(Br)cc1)N1CCOC(c2ccccc2)C1.OB(O)c1ccccc1C(F)(F)F. The van der Waals surface area contributed by atoms with Gasteiger partial charge in [0.1, 0.15) is 12.2 Å². The summed E-state index contributed by atoms with van der Waals surface area (Å²) >= 11 is 3.39. The van der Waals surface area contributed by atoms with Crippen molar-refractivity contribution in [3.8, 4) is 11.1 Å². The molecule has 2 N–H and O–H groups in total. The Hall–Kier alpha value is -5.78. The maximum absolute atomic E-state index is 13.3. The van der Waals surface area contributed by atoms with E-state index in [2.05, 4.69) is 15.9 Å². The van der Waals surface area contributed by atoms with Crippen LogP contribution in [-0.2, 0) is 21.8 Å². The summed E-state index contributed by atoms with van der Waals surface area (Å²) in [6.07, 6.45) is -9.23. The van der Waals surface area contributed by atoms with E-state index in [4.69, 9.17) is 19.5 Å². The molecule has 2 amide bonds. The zero-order valence-corrected chi connectivity index (χ0v) is 35.6. The van der Waals surface area contributed by atoms with Gasteiger partial charge in [-0.2, -0.15) is 26.3 Å². The van der Waals surface area contributed by atoms with Gasteiger partial charge in [0.15, 0.2) is 0 Å². The molecule has 8 rings (SSSR count). The summed E-state index contributed by atoms with van der Waals surface area (Å²) in [5.74, 6) is -0.0957. The zero-order chi connectivity index (χ0) is 45.9. The second-order valence-electron chi connectivity index (χ2n) is 14.6. The molecule has 8 nitrogen and oxygen atoms in total. The highest BCUT2D eigenvalue weighted by Gasteiger charge is 2.36. The van der Waals surface area contributed by atoms with Crippen LogP contribution < -0.4 is 5.46 Å². The molecule has 2 unspecified atom stereocenters. The van der Waals surface area contributed by atoms with Crippen LogP contribution in [0.1, 0.15) is 55.2 Å². The number of benzene rings is 6. The second-order valence-corrected chi connectivity index (χ2v) is 15.5. The maximum atomic E-state index is 13.3. The maximum Gasteiger partial charge on any atom is 0.489 e. The van der Waals surface area contributed by atoms with Gasteiger partial charge in [-0.1, -0.05) is 131 Å². The average Bonchev–Trinajstić information content (AvgIpc) is 3.32. The number of amides is 2. The van der Waals surface area contributed by atoms with E-state index < -0.39 is 36.1 Å². The van der Waals surface area contributed by atoms with Gasteiger partial charge in [0.2, 0.25) is 0 Å². The number of alkyl halides is 6. The number of nitrogens with zero attached hydrogens (tertiary/aromatic N) is 2. The fourth-order valence-electron chi connectivity index (χ4n) is 7.12. The summed E-state index contributed by atoms with van der Waals surface area (Å²) in [5, 5.41) is 17.2. The number of ether oxygens (including phenoxy) is 2. The first-order chi connectivity index (χ1) is 30.6. The van der Waals surface area contributed by atoms with Crippen LogP contribution in [0.5, 0.6) is 0 Å². The van der Waals surface area contributed by atoms with Crippen molar-refractivity contribution in [3.63, 3.8) is 0 Å². The molecule has 2 heterocycles. The Morgan fingerprint density at radius 1 is 0.547 bits per heavy atom. The Morgan fingerprint density at radius 2 is 0.953 bits per heavy atom. The van der Waals surface area contributed by atoms with Gasteiger partial charge < -0.3 is 29.3 Å². The van der Waals surface area contributed by atoms with E-state index in [-0.39, 0.29) is 29.6 Å². The summed E-state index contributed by atoms with van der Waals surface area (Å²) < 4.78 is 89.0. The fraction of sp³-hybridized carbons (Fsp3) is 0.208. The molecule has 0 aromatic heterocycles. The van der Waals surface area contributed by atoms with E-state index in [0.717, 1.165) is 33.8 Å². The third kappa shape index (κ3) is 12.7. The number of halogens is 7. The molecule has 2 atom stereocenters. The van der Waals surface area contributed by atoms with Crippen molar-refractivity contribution in [2.75, 3.05) is 39.4 Å². The Balaban J connectivity index is 0.000000174. The van der Waals surface area contributed by atoms with E-state index in [1.54, 1.807) is 35.2 Å². The van der Waals surface area contributed by atoms with Gasteiger partial charge in [-0.05, 0) is 70.2 Å². The van der Waals surface area contributed by atoms with E-state index in [9.17, 15) is 35.9 Å². The lowest BCUT2D eigenvalue weighted by Gasteiger charge is -2.33. The lowest BCUT2D eigenvalue weighted by atomic mass is 9.77. The number of carbonyl (C=O) groups excluding carboxylic acids is 2. The standard InChI is InChI=1S/C24H20F3NO2.C17H16BrNO2.C7H6BF3O2/c25-24(26,27)21-9-5-4-8-20(21)17-10-12-19(13-11-17)23(29)28-14-15-30-22(16-28)18-6-2-1-3-7-18;18-15-8-6-14(7-9-15)17(20)19-10-11-21-16(12-19)13-4-2-1-3-5-13;9-7(10,11)5-3-1-2-4-6(5)8(12)13/h1-13,22H,14-16H2;1-9,16H,10-12H2;1-4,12-13H. The van der Waals surface area contributed by atoms with Crippen molar-refractivity contribution >= 4 is 40.3 Å². The molecule has 2 aliphatic heterocycles. The number of rotatable bonds is 6. The molecule has 6 aromatic rings. The first kappa shape index (κ1) is 47.7. The molecular weight excluding hydrogens is 905 g/mol. The molecular formula is C48H42BBrF6N2O6.